The number of carbonyl (C=O) groups is 1. The first-order chi connectivity index (χ1) is 13.5. The van der Waals surface area contributed by atoms with E-state index in [1.807, 2.05) is 18.3 Å². The summed E-state index contributed by atoms with van der Waals surface area (Å²) in [4.78, 5) is 11.8. The molecular weight excluding hydrogens is 381 g/mol. The maximum Gasteiger partial charge on any atom is 0.240 e. The molecule has 0 aliphatic carbocycles. The number of carbonyl (C=O) groups excluding carboxylic acids is 1. The van der Waals surface area contributed by atoms with Crippen LogP contribution in [0.5, 0.6) is 0 Å². The number of sulfonamides is 1. The first kappa shape index (κ1) is 20.0. The molecule has 0 fully saturated rings. The highest BCUT2D eigenvalue weighted by molar-refractivity contribution is 7.89. The van der Waals surface area contributed by atoms with E-state index in [9.17, 15) is 17.6 Å². The van der Waals surface area contributed by atoms with Crippen molar-refractivity contribution in [2.24, 2.45) is 0 Å². The van der Waals surface area contributed by atoms with E-state index in [0.717, 1.165) is 30.6 Å². The number of aryl methyl sites for hydroxylation is 1. The van der Waals surface area contributed by atoms with Crippen LogP contribution in [0.1, 0.15) is 12.8 Å². The molecule has 0 aliphatic heterocycles. The average Bonchev–Trinajstić information content (AvgIpc) is 3.09. The van der Waals surface area contributed by atoms with Gasteiger partial charge in [-0.2, -0.15) is 0 Å². The quantitative estimate of drug-likeness (QED) is 0.539. The van der Waals surface area contributed by atoms with Crippen molar-refractivity contribution < 1.29 is 17.6 Å². The molecule has 0 saturated carbocycles. The third-order valence-corrected chi connectivity index (χ3v) is 5.82. The fourth-order valence-electron chi connectivity index (χ4n) is 2.90. The van der Waals surface area contributed by atoms with Crippen molar-refractivity contribution in [1.29, 1.82) is 0 Å². The molecule has 0 aliphatic rings. The molecule has 6 nitrogen and oxygen atoms in total. The SMILES string of the molecule is O=C(CCNS(=O)(=O)c1ccc(F)cc1)NCCCn1ccc2ccccc21. The van der Waals surface area contributed by atoms with E-state index in [1.54, 1.807) is 0 Å². The molecule has 1 aromatic heterocycles. The van der Waals surface area contributed by atoms with Crippen molar-refractivity contribution in [3.63, 3.8) is 0 Å². The highest BCUT2D eigenvalue weighted by Gasteiger charge is 2.14. The van der Waals surface area contributed by atoms with Gasteiger partial charge in [-0.25, -0.2) is 17.5 Å². The maximum absolute atomic E-state index is 12.9. The average molecular weight is 403 g/mol. The number of benzene rings is 2. The number of amides is 1. The minimum Gasteiger partial charge on any atom is -0.356 e. The first-order valence-corrected chi connectivity index (χ1v) is 10.5. The lowest BCUT2D eigenvalue weighted by atomic mass is 10.2. The molecule has 3 rings (SSSR count). The molecule has 0 bridgehead atoms. The van der Waals surface area contributed by atoms with Crippen molar-refractivity contribution in [2.75, 3.05) is 13.1 Å². The van der Waals surface area contributed by atoms with Crippen LogP contribution in [-0.4, -0.2) is 32.0 Å². The molecule has 0 atom stereocenters. The minimum atomic E-state index is -3.75. The van der Waals surface area contributed by atoms with Crippen LogP contribution in [0.4, 0.5) is 4.39 Å². The molecule has 2 N–H and O–H groups in total. The van der Waals surface area contributed by atoms with Gasteiger partial charge in [-0.05, 0) is 48.2 Å². The molecule has 148 valence electrons. The standard InChI is InChI=1S/C20H22FN3O3S/c21-17-6-8-18(9-7-17)28(26,27)23-13-10-20(25)22-12-3-14-24-15-11-16-4-1-2-5-19(16)24/h1-2,4-9,11,15,23H,3,10,12-14H2,(H,22,25). The minimum absolute atomic E-state index is 0.0201. The van der Waals surface area contributed by atoms with Crippen LogP contribution >= 0.6 is 0 Å². The highest BCUT2D eigenvalue weighted by atomic mass is 32.2. The monoisotopic (exact) mass is 403 g/mol. The Labute approximate surface area is 163 Å². The van der Waals surface area contributed by atoms with Gasteiger partial charge < -0.3 is 9.88 Å². The van der Waals surface area contributed by atoms with E-state index < -0.39 is 15.8 Å². The molecule has 1 heterocycles. The zero-order valence-electron chi connectivity index (χ0n) is 15.3. The Balaban J connectivity index is 1.37. The number of nitrogens with zero attached hydrogens (tertiary/aromatic N) is 1. The van der Waals surface area contributed by atoms with Crippen LogP contribution < -0.4 is 10.0 Å². The van der Waals surface area contributed by atoms with Gasteiger partial charge in [0.15, 0.2) is 0 Å². The fourth-order valence-corrected chi connectivity index (χ4v) is 3.93. The topological polar surface area (TPSA) is 80.2 Å². The lowest BCUT2D eigenvalue weighted by Crippen LogP contribution is -2.31. The van der Waals surface area contributed by atoms with E-state index in [2.05, 4.69) is 32.8 Å². The number of rotatable bonds is 9. The summed E-state index contributed by atoms with van der Waals surface area (Å²) in [5.41, 5.74) is 1.16. The van der Waals surface area contributed by atoms with Crippen molar-refractivity contribution in [3.8, 4) is 0 Å². The zero-order chi connectivity index (χ0) is 20.0. The molecule has 2 aromatic carbocycles. The van der Waals surface area contributed by atoms with E-state index in [4.69, 9.17) is 0 Å². The second-order valence-electron chi connectivity index (χ2n) is 6.37. The molecule has 1 amide bonds. The number of hydrogen-bond acceptors (Lipinski definition) is 3. The Kier molecular flexibility index (Phi) is 6.43. The Morgan fingerprint density at radius 3 is 2.54 bits per heavy atom. The number of para-hydroxylation sites is 1. The van der Waals surface area contributed by atoms with Crippen molar-refractivity contribution >= 4 is 26.8 Å². The van der Waals surface area contributed by atoms with Crippen LogP contribution in [0.2, 0.25) is 0 Å². The molecule has 8 heteroatoms. The normalized spacial score (nSPS) is 11.6. The predicted octanol–water partition coefficient (Wildman–Crippen LogP) is 2.66. The van der Waals surface area contributed by atoms with Gasteiger partial charge in [0.1, 0.15) is 5.82 Å². The van der Waals surface area contributed by atoms with Crippen LogP contribution in [0, 0.1) is 5.82 Å². The summed E-state index contributed by atoms with van der Waals surface area (Å²) in [5.74, 6) is -0.731. The summed E-state index contributed by atoms with van der Waals surface area (Å²) in [5, 5.41) is 3.97. The van der Waals surface area contributed by atoms with Gasteiger partial charge >= 0.3 is 0 Å². The molecule has 3 aromatic rings. The van der Waals surface area contributed by atoms with Crippen molar-refractivity contribution in [1.82, 2.24) is 14.6 Å². The molecule has 28 heavy (non-hydrogen) atoms. The molecule has 0 unspecified atom stereocenters. The highest BCUT2D eigenvalue weighted by Crippen LogP contribution is 2.15. The third-order valence-electron chi connectivity index (χ3n) is 4.35. The Hall–Kier alpha value is -2.71. The van der Waals surface area contributed by atoms with Crippen molar-refractivity contribution in [3.05, 3.63) is 66.6 Å². The van der Waals surface area contributed by atoms with Gasteiger partial charge in [-0.1, -0.05) is 18.2 Å². The van der Waals surface area contributed by atoms with E-state index in [1.165, 1.54) is 17.5 Å². The van der Waals surface area contributed by atoms with Gasteiger partial charge in [-0.15, -0.1) is 0 Å². The zero-order valence-corrected chi connectivity index (χ0v) is 16.1. The lowest BCUT2D eigenvalue weighted by Gasteiger charge is -2.09. The van der Waals surface area contributed by atoms with E-state index in [-0.39, 0.29) is 23.8 Å². The summed E-state index contributed by atoms with van der Waals surface area (Å²) in [6.45, 7) is 1.27. The van der Waals surface area contributed by atoms with Gasteiger partial charge in [0.2, 0.25) is 15.9 Å². The predicted molar refractivity (Wildman–Crippen MR) is 106 cm³/mol. The number of hydrogen-bond donors (Lipinski definition) is 2. The maximum atomic E-state index is 12.9. The number of fused-ring (bicyclic) bond motifs is 1. The van der Waals surface area contributed by atoms with Crippen LogP contribution in [0.15, 0.2) is 65.7 Å². The molecular formula is C20H22FN3O3S. The summed E-state index contributed by atoms with van der Waals surface area (Å²) in [6, 6.07) is 14.7. The number of aromatic nitrogens is 1. The summed E-state index contributed by atoms with van der Waals surface area (Å²) >= 11 is 0. The van der Waals surface area contributed by atoms with Crippen LogP contribution in [0.3, 0.4) is 0 Å². The fraction of sp³-hybridized carbons (Fsp3) is 0.250. The second-order valence-corrected chi connectivity index (χ2v) is 8.14. The number of halogens is 1. The van der Waals surface area contributed by atoms with Gasteiger partial charge in [0.25, 0.3) is 0 Å². The smallest absolute Gasteiger partial charge is 0.240 e. The number of nitrogens with one attached hydrogen (secondary N) is 2. The van der Waals surface area contributed by atoms with Gasteiger partial charge in [0.05, 0.1) is 4.90 Å². The Morgan fingerprint density at radius 2 is 1.75 bits per heavy atom. The van der Waals surface area contributed by atoms with E-state index in [0.29, 0.717) is 6.54 Å². The first-order valence-electron chi connectivity index (χ1n) is 9.01. The van der Waals surface area contributed by atoms with Crippen LogP contribution in [-0.2, 0) is 21.4 Å². The summed E-state index contributed by atoms with van der Waals surface area (Å²) in [7, 11) is -3.75. The van der Waals surface area contributed by atoms with Gasteiger partial charge in [-0.3, -0.25) is 4.79 Å². The largest absolute Gasteiger partial charge is 0.356 e. The van der Waals surface area contributed by atoms with Gasteiger partial charge in [0, 0.05) is 37.8 Å². The summed E-state index contributed by atoms with van der Waals surface area (Å²) in [6.07, 6.45) is 2.83. The van der Waals surface area contributed by atoms with E-state index >= 15 is 0 Å². The van der Waals surface area contributed by atoms with Crippen molar-refractivity contribution in [2.45, 2.75) is 24.3 Å². The lowest BCUT2D eigenvalue weighted by molar-refractivity contribution is -0.120. The second kappa shape index (κ2) is 8.99. The Bertz CT molecular complexity index is 1050. The van der Waals surface area contributed by atoms with Crippen LogP contribution in [0.25, 0.3) is 10.9 Å². The molecule has 0 radical (unpaired) electrons. The Morgan fingerprint density at radius 1 is 1.00 bits per heavy atom. The molecule has 0 saturated heterocycles. The third kappa shape index (κ3) is 5.17. The summed E-state index contributed by atoms with van der Waals surface area (Å²) < 4.78 is 41.5. The molecule has 0 spiro atoms.